The minimum atomic E-state index is -2.93. The molecule has 152 valence electrons. The molecule has 0 saturated heterocycles. The fourth-order valence-corrected chi connectivity index (χ4v) is 2.91. The minimum absolute atomic E-state index is 0.0342. The standard InChI is InChI=1S/C19H21ClF2N2O4/c1-24(10-12-4-6-16(28-19(21)22)17(8-12)27-3)11-18(25)23-13-5-7-15(26-2)14(20)9-13/h4-9,19H,10-11H2,1-3H3,(H,23,25)/p+1. The number of carbonyl (C=O) groups is 1. The Kier molecular flexibility index (Phi) is 7.83. The highest BCUT2D eigenvalue weighted by Crippen LogP contribution is 2.29. The van der Waals surface area contributed by atoms with E-state index in [9.17, 15) is 13.6 Å². The highest BCUT2D eigenvalue weighted by Gasteiger charge is 2.15. The molecule has 2 rings (SSSR count). The van der Waals surface area contributed by atoms with Crippen LogP contribution in [0, 0.1) is 0 Å². The Morgan fingerprint density at radius 2 is 1.79 bits per heavy atom. The van der Waals surface area contributed by atoms with Gasteiger partial charge in [0, 0.05) is 11.3 Å². The first kappa shape index (κ1) is 21.7. The summed E-state index contributed by atoms with van der Waals surface area (Å²) in [5.41, 5.74) is 1.38. The molecule has 1 atom stereocenters. The Labute approximate surface area is 166 Å². The van der Waals surface area contributed by atoms with E-state index in [-0.39, 0.29) is 24.0 Å². The average Bonchev–Trinajstić information content (AvgIpc) is 2.62. The number of anilines is 1. The molecular formula is C19H22ClF2N2O4+. The Balaban J connectivity index is 1.94. The van der Waals surface area contributed by atoms with Crippen LogP contribution in [0.4, 0.5) is 14.5 Å². The van der Waals surface area contributed by atoms with Crippen molar-refractivity contribution in [2.75, 3.05) is 33.1 Å². The van der Waals surface area contributed by atoms with Gasteiger partial charge >= 0.3 is 6.61 Å². The van der Waals surface area contributed by atoms with E-state index in [1.54, 1.807) is 30.3 Å². The Hall–Kier alpha value is -2.58. The Bertz CT molecular complexity index is 821. The third-order valence-corrected chi connectivity index (χ3v) is 4.14. The van der Waals surface area contributed by atoms with Crippen molar-refractivity contribution in [3.63, 3.8) is 0 Å². The SMILES string of the molecule is COc1ccc(NC(=O)C[NH+](C)Cc2ccc(OC(F)F)c(OC)c2)cc1Cl. The van der Waals surface area contributed by atoms with Gasteiger partial charge in [0.15, 0.2) is 18.0 Å². The van der Waals surface area contributed by atoms with Crippen LogP contribution in [0.3, 0.4) is 0 Å². The number of methoxy groups -OCH3 is 2. The zero-order valence-electron chi connectivity index (χ0n) is 15.7. The second kappa shape index (κ2) is 10.1. The van der Waals surface area contributed by atoms with Crippen molar-refractivity contribution in [1.29, 1.82) is 0 Å². The lowest BCUT2D eigenvalue weighted by molar-refractivity contribution is -0.885. The number of quaternary nitrogens is 1. The maximum absolute atomic E-state index is 12.4. The molecule has 0 saturated carbocycles. The first-order valence-electron chi connectivity index (χ1n) is 8.38. The van der Waals surface area contributed by atoms with Crippen molar-refractivity contribution in [1.82, 2.24) is 0 Å². The molecule has 0 bridgehead atoms. The van der Waals surface area contributed by atoms with E-state index in [0.29, 0.717) is 23.0 Å². The van der Waals surface area contributed by atoms with Crippen LogP contribution >= 0.6 is 11.6 Å². The van der Waals surface area contributed by atoms with Crippen molar-refractivity contribution in [3.8, 4) is 17.2 Å². The smallest absolute Gasteiger partial charge is 0.387 e. The number of ether oxygens (including phenoxy) is 3. The molecule has 1 amide bonds. The van der Waals surface area contributed by atoms with Gasteiger partial charge in [0.1, 0.15) is 12.3 Å². The molecule has 0 aromatic heterocycles. The van der Waals surface area contributed by atoms with Gasteiger partial charge in [0.25, 0.3) is 5.91 Å². The molecule has 0 aliphatic rings. The fourth-order valence-electron chi connectivity index (χ4n) is 2.65. The lowest BCUT2D eigenvalue weighted by Gasteiger charge is -2.16. The molecule has 6 nitrogen and oxygen atoms in total. The molecule has 2 N–H and O–H groups in total. The molecule has 0 aliphatic carbocycles. The van der Waals surface area contributed by atoms with Gasteiger partial charge in [-0.05, 0) is 36.4 Å². The van der Waals surface area contributed by atoms with Crippen LogP contribution in [0.15, 0.2) is 36.4 Å². The van der Waals surface area contributed by atoms with E-state index >= 15 is 0 Å². The minimum Gasteiger partial charge on any atom is -0.495 e. The summed E-state index contributed by atoms with van der Waals surface area (Å²) in [5, 5.41) is 3.18. The van der Waals surface area contributed by atoms with Crippen LogP contribution in [-0.4, -0.2) is 40.3 Å². The van der Waals surface area contributed by atoms with Gasteiger partial charge in [-0.2, -0.15) is 8.78 Å². The number of nitrogens with one attached hydrogen (secondary N) is 2. The average molecular weight is 416 g/mol. The molecule has 0 heterocycles. The van der Waals surface area contributed by atoms with Crippen molar-refractivity contribution in [2.24, 2.45) is 0 Å². The number of hydrogen-bond donors (Lipinski definition) is 2. The maximum atomic E-state index is 12.4. The highest BCUT2D eigenvalue weighted by molar-refractivity contribution is 6.32. The van der Waals surface area contributed by atoms with Gasteiger partial charge < -0.3 is 24.4 Å². The molecule has 2 aromatic rings. The normalized spacial score (nSPS) is 11.8. The summed E-state index contributed by atoms with van der Waals surface area (Å²) in [7, 11) is 4.73. The number of rotatable bonds is 9. The third-order valence-electron chi connectivity index (χ3n) is 3.85. The molecule has 0 aliphatic heterocycles. The molecule has 0 radical (unpaired) electrons. The second-order valence-electron chi connectivity index (χ2n) is 6.07. The monoisotopic (exact) mass is 415 g/mol. The molecule has 28 heavy (non-hydrogen) atoms. The first-order valence-corrected chi connectivity index (χ1v) is 8.76. The molecule has 2 aromatic carbocycles. The Morgan fingerprint density at radius 3 is 2.39 bits per heavy atom. The van der Waals surface area contributed by atoms with Crippen LogP contribution in [0.2, 0.25) is 5.02 Å². The quantitative estimate of drug-likeness (QED) is 0.661. The summed E-state index contributed by atoms with van der Waals surface area (Å²) in [6.45, 7) is -2.24. The van der Waals surface area contributed by atoms with Crippen LogP contribution < -0.4 is 24.4 Å². The first-order chi connectivity index (χ1) is 13.3. The number of likely N-dealkylation sites (N-methyl/N-ethyl adjacent to an activating group) is 1. The fraction of sp³-hybridized carbons (Fsp3) is 0.316. The molecule has 0 fully saturated rings. The van der Waals surface area contributed by atoms with Crippen LogP contribution in [0.25, 0.3) is 0 Å². The summed E-state index contributed by atoms with van der Waals surface area (Å²) in [6, 6.07) is 9.68. The molecule has 1 unspecified atom stereocenters. The van der Waals surface area contributed by atoms with Gasteiger partial charge in [-0.15, -0.1) is 0 Å². The summed E-state index contributed by atoms with van der Waals surface area (Å²) >= 11 is 6.05. The predicted octanol–water partition coefficient (Wildman–Crippen LogP) is 2.61. The molecule has 9 heteroatoms. The van der Waals surface area contributed by atoms with E-state index < -0.39 is 6.61 Å². The van der Waals surface area contributed by atoms with Crippen molar-refractivity contribution >= 4 is 23.2 Å². The number of alkyl halides is 2. The van der Waals surface area contributed by atoms with E-state index in [1.807, 2.05) is 7.05 Å². The summed E-state index contributed by atoms with van der Waals surface area (Å²) in [4.78, 5) is 13.1. The lowest BCUT2D eigenvalue weighted by Crippen LogP contribution is -3.08. The predicted molar refractivity (Wildman–Crippen MR) is 102 cm³/mol. The van der Waals surface area contributed by atoms with E-state index in [4.69, 9.17) is 21.1 Å². The summed E-state index contributed by atoms with van der Waals surface area (Å²) in [5.74, 6) is 0.509. The second-order valence-corrected chi connectivity index (χ2v) is 6.48. The maximum Gasteiger partial charge on any atom is 0.387 e. The zero-order valence-corrected chi connectivity index (χ0v) is 16.5. The van der Waals surface area contributed by atoms with E-state index in [0.717, 1.165) is 10.5 Å². The topological polar surface area (TPSA) is 61.2 Å². The van der Waals surface area contributed by atoms with Gasteiger partial charge in [-0.3, -0.25) is 4.79 Å². The number of halogens is 3. The number of hydrogen-bond acceptors (Lipinski definition) is 4. The highest BCUT2D eigenvalue weighted by atomic mass is 35.5. The van der Waals surface area contributed by atoms with Crippen molar-refractivity contribution in [2.45, 2.75) is 13.2 Å². The number of benzene rings is 2. The van der Waals surface area contributed by atoms with Crippen molar-refractivity contribution < 1.29 is 32.7 Å². The Morgan fingerprint density at radius 1 is 1.11 bits per heavy atom. The zero-order chi connectivity index (χ0) is 20.7. The van der Waals surface area contributed by atoms with Gasteiger partial charge in [-0.25, -0.2) is 0 Å². The summed E-state index contributed by atoms with van der Waals surface area (Å²) < 4.78 is 39.4. The van der Waals surface area contributed by atoms with Gasteiger partial charge in [0.2, 0.25) is 0 Å². The van der Waals surface area contributed by atoms with Crippen molar-refractivity contribution in [3.05, 3.63) is 47.0 Å². The van der Waals surface area contributed by atoms with Gasteiger partial charge in [-0.1, -0.05) is 11.6 Å². The van der Waals surface area contributed by atoms with Crippen LogP contribution in [-0.2, 0) is 11.3 Å². The van der Waals surface area contributed by atoms with E-state index in [1.165, 1.54) is 20.3 Å². The molecule has 0 spiro atoms. The van der Waals surface area contributed by atoms with Gasteiger partial charge in [0.05, 0.1) is 26.3 Å². The largest absolute Gasteiger partial charge is 0.495 e. The number of carbonyl (C=O) groups excluding carboxylic acids is 1. The number of amides is 1. The lowest BCUT2D eigenvalue weighted by atomic mass is 10.2. The summed E-state index contributed by atoms with van der Waals surface area (Å²) in [6.07, 6.45) is 0. The van der Waals surface area contributed by atoms with E-state index in [2.05, 4.69) is 10.1 Å². The molecular weight excluding hydrogens is 394 g/mol. The van der Waals surface area contributed by atoms with Crippen LogP contribution in [0.5, 0.6) is 17.2 Å². The third kappa shape index (κ3) is 6.24. The van der Waals surface area contributed by atoms with Crippen LogP contribution in [0.1, 0.15) is 5.56 Å².